The summed E-state index contributed by atoms with van der Waals surface area (Å²) in [5.41, 5.74) is 3.03. The van der Waals surface area contributed by atoms with Crippen LogP contribution in [0.15, 0.2) is 53.9 Å². The van der Waals surface area contributed by atoms with Gasteiger partial charge in [0.2, 0.25) is 0 Å². The van der Waals surface area contributed by atoms with Crippen LogP contribution in [-0.4, -0.2) is 24.1 Å². The van der Waals surface area contributed by atoms with Gasteiger partial charge in [0.25, 0.3) is 5.91 Å². The first-order chi connectivity index (χ1) is 14.0. The van der Waals surface area contributed by atoms with Crippen molar-refractivity contribution in [3.05, 3.63) is 59.5 Å². The normalized spacial score (nSPS) is 10.8. The molecular formula is C23H26N2O3S. The molecule has 0 saturated heterocycles. The van der Waals surface area contributed by atoms with Gasteiger partial charge in [-0.25, -0.2) is 4.98 Å². The highest BCUT2D eigenvalue weighted by Crippen LogP contribution is 2.26. The number of aromatic nitrogens is 1. The summed E-state index contributed by atoms with van der Waals surface area (Å²) in [6, 6.07) is 15.6. The molecule has 1 N–H and O–H groups in total. The number of nitrogens with zero attached hydrogens (tertiary/aromatic N) is 1. The standard InChI is InChI=1S/C23H26N2O3S/c1-4-13-27-19-11-7-18(8-12-19)21-15-29-23(24-21)25-22(26)14-28-20-9-5-17(6-10-20)16(2)3/h5-12,15-16H,4,13-14H2,1-3H3,(H,24,25,26). The molecule has 1 amide bonds. The van der Waals surface area contributed by atoms with Gasteiger partial charge in [0.05, 0.1) is 12.3 Å². The van der Waals surface area contributed by atoms with E-state index in [0.717, 1.165) is 23.4 Å². The first-order valence-corrected chi connectivity index (χ1v) is 10.6. The molecule has 0 unspecified atom stereocenters. The lowest BCUT2D eigenvalue weighted by Gasteiger charge is -2.08. The van der Waals surface area contributed by atoms with E-state index in [0.29, 0.717) is 23.4 Å². The third-order valence-electron chi connectivity index (χ3n) is 4.29. The molecule has 0 radical (unpaired) electrons. The lowest BCUT2D eigenvalue weighted by molar-refractivity contribution is -0.118. The molecule has 3 aromatic rings. The monoisotopic (exact) mass is 410 g/mol. The Hall–Kier alpha value is -2.86. The van der Waals surface area contributed by atoms with Gasteiger partial charge in [-0.3, -0.25) is 10.1 Å². The van der Waals surface area contributed by atoms with E-state index in [1.54, 1.807) is 0 Å². The molecule has 1 aromatic heterocycles. The first kappa shape index (κ1) is 20.9. The van der Waals surface area contributed by atoms with Crippen molar-refractivity contribution in [2.24, 2.45) is 0 Å². The van der Waals surface area contributed by atoms with E-state index in [1.807, 2.05) is 53.9 Å². The molecule has 2 aromatic carbocycles. The van der Waals surface area contributed by atoms with Crippen molar-refractivity contribution in [2.45, 2.75) is 33.1 Å². The predicted octanol–water partition coefficient (Wildman–Crippen LogP) is 5.74. The topological polar surface area (TPSA) is 60.5 Å². The predicted molar refractivity (Wildman–Crippen MR) is 118 cm³/mol. The van der Waals surface area contributed by atoms with Crippen LogP contribution < -0.4 is 14.8 Å². The largest absolute Gasteiger partial charge is 0.494 e. The molecule has 0 aliphatic carbocycles. The minimum atomic E-state index is -0.234. The van der Waals surface area contributed by atoms with Crippen molar-refractivity contribution in [1.29, 1.82) is 0 Å². The van der Waals surface area contributed by atoms with Gasteiger partial charge in [-0.1, -0.05) is 32.9 Å². The average Bonchev–Trinajstić information content (AvgIpc) is 3.19. The lowest BCUT2D eigenvalue weighted by atomic mass is 10.0. The van der Waals surface area contributed by atoms with E-state index in [2.05, 4.69) is 31.1 Å². The summed E-state index contributed by atoms with van der Waals surface area (Å²) >= 11 is 1.39. The summed E-state index contributed by atoms with van der Waals surface area (Å²) in [5.74, 6) is 1.75. The lowest BCUT2D eigenvalue weighted by Crippen LogP contribution is -2.20. The zero-order valence-electron chi connectivity index (χ0n) is 17.0. The van der Waals surface area contributed by atoms with Crippen LogP contribution >= 0.6 is 11.3 Å². The van der Waals surface area contributed by atoms with E-state index >= 15 is 0 Å². The Kier molecular flexibility index (Phi) is 7.25. The Labute approximate surface area is 175 Å². The van der Waals surface area contributed by atoms with E-state index in [9.17, 15) is 4.79 Å². The molecule has 5 nitrogen and oxygen atoms in total. The van der Waals surface area contributed by atoms with Crippen molar-refractivity contribution >= 4 is 22.4 Å². The molecule has 0 fully saturated rings. The van der Waals surface area contributed by atoms with Gasteiger partial charge in [-0.15, -0.1) is 11.3 Å². The molecule has 6 heteroatoms. The minimum absolute atomic E-state index is 0.0561. The Bertz CT molecular complexity index is 918. The molecule has 0 atom stereocenters. The second kappa shape index (κ2) is 10.1. The second-order valence-corrected chi connectivity index (χ2v) is 7.83. The number of nitrogens with one attached hydrogen (secondary N) is 1. The summed E-state index contributed by atoms with van der Waals surface area (Å²) in [6.07, 6.45) is 0.976. The SMILES string of the molecule is CCCOc1ccc(-c2csc(NC(=O)COc3ccc(C(C)C)cc3)n2)cc1. The maximum absolute atomic E-state index is 12.2. The van der Waals surface area contributed by atoms with E-state index in [4.69, 9.17) is 9.47 Å². The third kappa shape index (κ3) is 6.06. The van der Waals surface area contributed by atoms with E-state index < -0.39 is 0 Å². The van der Waals surface area contributed by atoms with E-state index in [-0.39, 0.29) is 12.5 Å². The molecule has 0 spiro atoms. The fourth-order valence-corrected chi connectivity index (χ4v) is 3.39. The van der Waals surface area contributed by atoms with Gasteiger partial charge in [0.15, 0.2) is 11.7 Å². The number of rotatable bonds is 9. The number of amides is 1. The van der Waals surface area contributed by atoms with Crippen LogP contribution in [0, 0.1) is 0 Å². The van der Waals surface area contributed by atoms with Crippen LogP contribution in [0.4, 0.5) is 5.13 Å². The summed E-state index contributed by atoms with van der Waals surface area (Å²) < 4.78 is 11.2. The number of carbonyl (C=O) groups is 1. The smallest absolute Gasteiger partial charge is 0.264 e. The van der Waals surface area contributed by atoms with Gasteiger partial charge < -0.3 is 9.47 Å². The van der Waals surface area contributed by atoms with Gasteiger partial charge in [0, 0.05) is 10.9 Å². The first-order valence-electron chi connectivity index (χ1n) is 9.76. The zero-order valence-corrected chi connectivity index (χ0v) is 17.8. The number of hydrogen-bond donors (Lipinski definition) is 1. The Morgan fingerprint density at radius 3 is 2.34 bits per heavy atom. The van der Waals surface area contributed by atoms with Crippen LogP contribution in [-0.2, 0) is 4.79 Å². The van der Waals surface area contributed by atoms with Crippen LogP contribution in [0.2, 0.25) is 0 Å². The van der Waals surface area contributed by atoms with Crippen LogP contribution in [0.3, 0.4) is 0 Å². The molecule has 152 valence electrons. The number of hydrogen-bond acceptors (Lipinski definition) is 5. The van der Waals surface area contributed by atoms with Crippen molar-refractivity contribution in [3.8, 4) is 22.8 Å². The number of thiazole rings is 1. The number of benzene rings is 2. The van der Waals surface area contributed by atoms with Crippen molar-refractivity contribution in [3.63, 3.8) is 0 Å². The minimum Gasteiger partial charge on any atom is -0.494 e. The summed E-state index contributed by atoms with van der Waals surface area (Å²) in [7, 11) is 0. The van der Waals surface area contributed by atoms with Gasteiger partial charge in [0.1, 0.15) is 11.5 Å². The molecule has 0 saturated carbocycles. The fraction of sp³-hybridized carbons (Fsp3) is 0.304. The fourth-order valence-electron chi connectivity index (χ4n) is 2.66. The number of carbonyl (C=O) groups excluding carboxylic acids is 1. The quantitative estimate of drug-likeness (QED) is 0.489. The van der Waals surface area contributed by atoms with Gasteiger partial charge >= 0.3 is 0 Å². The molecule has 0 aliphatic heterocycles. The summed E-state index contributed by atoms with van der Waals surface area (Å²) in [6.45, 7) is 7.00. The molecule has 1 heterocycles. The summed E-state index contributed by atoms with van der Waals surface area (Å²) in [5, 5.41) is 5.26. The maximum atomic E-state index is 12.2. The highest BCUT2D eigenvalue weighted by Gasteiger charge is 2.09. The van der Waals surface area contributed by atoms with E-state index in [1.165, 1.54) is 16.9 Å². The highest BCUT2D eigenvalue weighted by atomic mass is 32.1. The van der Waals surface area contributed by atoms with Crippen LogP contribution in [0.25, 0.3) is 11.3 Å². The zero-order chi connectivity index (χ0) is 20.6. The molecule has 0 aliphatic rings. The Balaban J connectivity index is 1.52. The summed E-state index contributed by atoms with van der Waals surface area (Å²) in [4.78, 5) is 16.7. The number of ether oxygens (including phenoxy) is 2. The van der Waals surface area contributed by atoms with Gasteiger partial charge in [-0.2, -0.15) is 0 Å². The van der Waals surface area contributed by atoms with Crippen LogP contribution in [0.5, 0.6) is 11.5 Å². The van der Waals surface area contributed by atoms with Crippen molar-refractivity contribution in [1.82, 2.24) is 4.98 Å². The second-order valence-electron chi connectivity index (χ2n) is 6.97. The molecule has 3 rings (SSSR count). The van der Waals surface area contributed by atoms with Gasteiger partial charge in [-0.05, 0) is 54.3 Å². The highest BCUT2D eigenvalue weighted by molar-refractivity contribution is 7.14. The molecular weight excluding hydrogens is 384 g/mol. The Morgan fingerprint density at radius 1 is 1.03 bits per heavy atom. The molecule has 29 heavy (non-hydrogen) atoms. The van der Waals surface area contributed by atoms with Crippen LogP contribution in [0.1, 0.15) is 38.7 Å². The maximum Gasteiger partial charge on any atom is 0.264 e. The number of anilines is 1. The van der Waals surface area contributed by atoms with Crippen molar-refractivity contribution in [2.75, 3.05) is 18.5 Å². The average molecular weight is 411 g/mol. The van der Waals surface area contributed by atoms with Crippen molar-refractivity contribution < 1.29 is 14.3 Å². The third-order valence-corrected chi connectivity index (χ3v) is 5.05. The Morgan fingerprint density at radius 2 is 1.69 bits per heavy atom. The molecule has 0 bridgehead atoms.